The summed E-state index contributed by atoms with van der Waals surface area (Å²) in [7, 11) is 3.57. The van der Waals surface area contributed by atoms with Gasteiger partial charge in [-0.05, 0) is 30.3 Å². The van der Waals surface area contributed by atoms with Crippen LogP contribution in [0.5, 0.6) is 17.2 Å². The zero-order valence-electron chi connectivity index (χ0n) is 18.7. The summed E-state index contributed by atoms with van der Waals surface area (Å²) < 4.78 is 19.3. The van der Waals surface area contributed by atoms with E-state index in [1.54, 1.807) is 25.3 Å². The third-order valence-corrected chi connectivity index (χ3v) is 6.51. The summed E-state index contributed by atoms with van der Waals surface area (Å²) in [6, 6.07) is 18.9. The highest BCUT2D eigenvalue weighted by molar-refractivity contribution is 6.15. The summed E-state index contributed by atoms with van der Waals surface area (Å²) in [6.45, 7) is 0. The first-order valence-corrected chi connectivity index (χ1v) is 11.0. The number of carbonyl (C=O) groups is 2. The molecule has 0 N–H and O–H groups in total. The lowest BCUT2D eigenvalue weighted by atomic mass is 9.84. The largest absolute Gasteiger partial charge is 0.496 e. The SMILES string of the molecule is COc1ccccc1C1CC(=O)Oc2ccc3c(c21)OC(=Cc1cn(C)c2ccccc12)C3=O. The van der Waals surface area contributed by atoms with Gasteiger partial charge in [-0.3, -0.25) is 9.59 Å². The zero-order chi connectivity index (χ0) is 23.4. The Morgan fingerprint density at radius 3 is 2.65 bits per heavy atom. The number of ether oxygens (including phenoxy) is 3. The lowest BCUT2D eigenvalue weighted by Crippen LogP contribution is -2.22. The number of aryl methyl sites for hydroxylation is 1. The summed E-state index contributed by atoms with van der Waals surface area (Å²) >= 11 is 0. The van der Waals surface area contributed by atoms with Gasteiger partial charge in [-0.15, -0.1) is 0 Å². The van der Waals surface area contributed by atoms with Crippen molar-refractivity contribution < 1.29 is 23.8 Å². The number of rotatable bonds is 3. The van der Waals surface area contributed by atoms with Gasteiger partial charge in [0.1, 0.15) is 17.2 Å². The van der Waals surface area contributed by atoms with Crippen LogP contribution >= 0.6 is 0 Å². The minimum atomic E-state index is -0.355. The maximum absolute atomic E-state index is 13.3. The summed E-state index contributed by atoms with van der Waals surface area (Å²) in [5.74, 6) is 0.882. The fourth-order valence-corrected chi connectivity index (χ4v) is 4.96. The van der Waals surface area contributed by atoms with E-state index in [-0.39, 0.29) is 29.9 Å². The average molecular weight is 451 g/mol. The Balaban J connectivity index is 1.49. The highest BCUT2D eigenvalue weighted by atomic mass is 16.5. The molecule has 1 aromatic heterocycles. The first-order chi connectivity index (χ1) is 16.5. The normalized spacial score (nSPS) is 17.9. The first kappa shape index (κ1) is 20.3. The van der Waals surface area contributed by atoms with Crippen molar-refractivity contribution >= 4 is 28.7 Å². The van der Waals surface area contributed by atoms with Gasteiger partial charge >= 0.3 is 5.97 Å². The van der Waals surface area contributed by atoms with Crippen molar-refractivity contribution in [3.63, 3.8) is 0 Å². The van der Waals surface area contributed by atoms with Gasteiger partial charge in [0.05, 0.1) is 19.1 Å². The lowest BCUT2D eigenvalue weighted by molar-refractivity contribution is -0.135. The van der Waals surface area contributed by atoms with Gasteiger partial charge in [0.2, 0.25) is 5.78 Å². The van der Waals surface area contributed by atoms with Crippen LogP contribution in [0.15, 0.2) is 72.6 Å². The van der Waals surface area contributed by atoms with Crippen LogP contribution in [0.4, 0.5) is 0 Å². The van der Waals surface area contributed by atoms with E-state index in [1.807, 2.05) is 66.3 Å². The molecule has 2 aliphatic rings. The van der Waals surface area contributed by atoms with Crippen LogP contribution in [0.3, 0.4) is 0 Å². The highest BCUT2D eigenvalue weighted by Crippen LogP contribution is 2.50. The standard InChI is InChI=1S/C28H21NO5/c1-29-15-16(17-7-3-5-9-21(17)29)13-24-27(31)19-11-12-23-26(28(19)34-24)20(14-25(30)33-23)18-8-4-6-10-22(18)32-2/h3-13,15,20H,14H2,1-2H3. The number of methoxy groups -OCH3 is 1. The molecule has 0 saturated carbocycles. The van der Waals surface area contributed by atoms with E-state index in [4.69, 9.17) is 14.2 Å². The molecule has 0 saturated heterocycles. The van der Waals surface area contributed by atoms with Crippen molar-refractivity contribution in [2.24, 2.45) is 7.05 Å². The minimum Gasteiger partial charge on any atom is -0.496 e. The summed E-state index contributed by atoms with van der Waals surface area (Å²) in [4.78, 5) is 25.7. The average Bonchev–Trinajstić information content (AvgIpc) is 3.35. The smallest absolute Gasteiger partial charge is 0.312 e. The maximum Gasteiger partial charge on any atom is 0.312 e. The number of benzene rings is 3. The van der Waals surface area contributed by atoms with Gasteiger partial charge in [0.25, 0.3) is 0 Å². The molecular formula is C28H21NO5. The molecule has 34 heavy (non-hydrogen) atoms. The molecule has 0 spiro atoms. The lowest BCUT2D eigenvalue weighted by Gasteiger charge is -2.27. The topological polar surface area (TPSA) is 66.8 Å². The third kappa shape index (κ3) is 3.03. The van der Waals surface area contributed by atoms with Crippen LogP contribution in [-0.2, 0) is 11.8 Å². The molecule has 6 nitrogen and oxygen atoms in total. The van der Waals surface area contributed by atoms with E-state index in [1.165, 1.54) is 0 Å². The molecule has 1 atom stereocenters. The number of Topliss-reactive ketones (excluding diaryl/α,β-unsaturated/α-hetero) is 1. The Hall–Kier alpha value is -4.32. The van der Waals surface area contributed by atoms with E-state index < -0.39 is 0 Å². The van der Waals surface area contributed by atoms with Crippen LogP contribution in [0.25, 0.3) is 17.0 Å². The number of hydrogen-bond acceptors (Lipinski definition) is 5. The van der Waals surface area contributed by atoms with Crippen molar-refractivity contribution in [1.82, 2.24) is 4.57 Å². The number of esters is 1. The third-order valence-electron chi connectivity index (χ3n) is 6.51. The summed E-state index contributed by atoms with van der Waals surface area (Å²) in [6.07, 6.45) is 3.89. The second kappa shape index (κ2) is 7.63. The van der Waals surface area contributed by atoms with Gasteiger partial charge in [0, 0.05) is 46.8 Å². The van der Waals surface area contributed by atoms with Crippen LogP contribution in [0.1, 0.15) is 39.4 Å². The molecule has 4 aromatic rings. The zero-order valence-corrected chi connectivity index (χ0v) is 18.7. The molecule has 0 aliphatic carbocycles. The van der Waals surface area contributed by atoms with E-state index in [9.17, 15) is 9.59 Å². The van der Waals surface area contributed by atoms with Crippen LogP contribution in [0, 0.1) is 0 Å². The molecule has 1 unspecified atom stereocenters. The predicted octanol–water partition coefficient (Wildman–Crippen LogP) is 5.24. The first-order valence-electron chi connectivity index (χ1n) is 11.0. The van der Waals surface area contributed by atoms with Crippen molar-refractivity contribution in [3.8, 4) is 17.2 Å². The Morgan fingerprint density at radius 1 is 1.00 bits per heavy atom. The summed E-state index contributed by atoms with van der Waals surface area (Å²) in [5.41, 5.74) is 3.96. The second-order valence-electron chi connectivity index (χ2n) is 8.48. The van der Waals surface area contributed by atoms with Crippen LogP contribution in [-0.4, -0.2) is 23.4 Å². The Bertz CT molecular complexity index is 1530. The van der Waals surface area contributed by atoms with Gasteiger partial charge in [-0.25, -0.2) is 0 Å². The Morgan fingerprint density at radius 2 is 1.79 bits per heavy atom. The number of fused-ring (bicyclic) bond motifs is 4. The molecule has 2 aliphatic heterocycles. The van der Waals surface area contributed by atoms with Gasteiger partial charge in [-0.1, -0.05) is 36.4 Å². The molecule has 6 rings (SSSR count). The second-order valence-corrected chi connectivity index (χ2v) is 8.48. The molecule has 3 aromatic carbocycles. The van der Waals surface area contributed by atoms with E-state index in [2.05, 4.69) is 0 Å². The number of nitrogens with zero attached hydrogens (tertiary/aromatic N) is 1. The van der Waals surface area contributed by atoms with Gasteiger partial charge in [-0.2, -0.15) is 0 Å². The van der Waals surface area contributed by atoms with E-state index in [0.717, 1.165) is 22.0 Å². The maximum atomic E-state index is 13.3. The number of ketones is 1. The monoisotopic (exact) mass is 451 g/mol. The summed E-state index contributed by atoms with van der Waals surface area (Å²) in [5, 5.41) is 1.03. The number of hydrogen-bond donors (Lipinski definition) is 0. The number of allylic oxidation sites excluding steroid dienone is 1. The molecule has 168 valence electrons. The van der Waals surface area contributed by atoms with Crippen LogP contribution < -0.4 is 14.2 Å². The van der Waals surface area contributed by atoms with Crippen molar-refractivity contribution in [3.05, 3.63) is 94.9 Å². The molecule has 6 heteroatoms. The quantitative estimate of drug-likeness (QED) is 0.242. The number of carbonyl (C=O) groups excluding carboxylic acids is 2. The Kier molecular flexibility index (Phi) is 4.55. The molecule has 0 fully saturated rings. The number of para-hydroxylation sites is 2. The predicted molar refractivity (Wildman–Crippen MR) is 127 cm³/mol. The van der Waals surface area contributed by atoms with Crippen molar-refractivity contribution in [2.75, 3.05) is 7.11 Å². The van der Waals surface area contributed by atoms with Gasteiger partial charge < -0.3 is 18.8 Å². The minimum absolute atomic E-state index is 0.129. The Labute approximate surface area is 196 Å². The van der Waals surface area contributed by atoms with Gasteiger partial charge in [0.15, 0.2) is 5.76 Å². The van der Waals surface area contributed by atoms with E-state index >= 15 is 0 Å². The number of aromatic nitrogens is 1. The molecule has 0 bridgehead atoms. The molecular weight excluding hydrogens is 430 g/mol. The van der Waals surface area contributed by atoms with Crippen molar-refractivity contribution in [1.29, 1.82) is 0 Å². The molecule has 0 amide bonds. The fourth-order valence-electron chi connectivity index (χ4n) is 4.96. The van der Waals surface area contributed by atoms with Crippen molar-refractivity contribution in [2.45, 2.75) is 12.3 Å². The molecule has 0 radical (unpaired) electrons. The fraction of sp³-hybridized carbons (Fsp3) is 0.143. The molecule has 3 heterocycles. The van der Waals surface area contributed by atoms with E-state index in [0.29, 0.717) is 28.4 Å². The van der Waals surface area contributed by atoms with Crippen LogP contribution in [0.2, 0.25) is 0 Å². The highest BCUT2D eigenvalue weighted by Gasteiger charge is 2.39.